The smallest absolute Gasteiger partial charge is 0.257 e. The Hall–Kier alpha value is -2.15. The van der Waals surface area contributed by atoms with Crippen LogP contribution in [0.4, 0.5) is 0 Å². The number of likely N-dealkylation sites (tertiary alicyclic amines) is 1. The van der Waals surface area contributed by atoms with Crippen LogP contribution in [0.15, 0.2) is 22.9 Å². The van der Waals surface area contributed by atoms with Gasteiger partial charge in [-0.3, -0.25) is 4.79 Å². The van der Waals surface area contributed by atoms with Gasteiger partial charge in [-0.25, -0.2) is 4.68 Å². The van der Waals surface area contributed by atoms with Crippen LogP contribution in [0.1, 0.15) is 73.3 Å². The molecule has 0 bridgehead atoms. The number of hydrogen-bond donors (Lipinski definition) is 0. The van der Waals surface area contributed by atoms with Crippen molar-refractivity contribution in [1.29, 1.82) is 0 Å². The zero-order chi connectivity index (χ0) is 21.4. The first kappa shape index (κ1) is 20.7. The number of aryl methyl sites for hydroxylation is 2. The highest BCUT2D eigenvalue weighted by Crippen LogP contribution is 2.43. The van der Waals surface area contributed by atoms with Crippen LogP contribution in [0.2, 0.25) is 0 Å². The van der Waals surface area contributed by atoms with Crippen LogP contribution in [-0.4, -0.2) is 51.6 Å². The van der Waals surface area contributed by atoms with Crippen molar-refractivity contribution in [2.24, 2.45) is 17.8 Å². The lowest BCUT2D eigenvalue weighted by Gasteiger charge is -2.37. The SMILES string of the molecule is CCCCc1cn([C@@H]2C[C@@H]3CN(C(=O)c4ccoc4C)C[C@@H]3C[C@H]2OCC2CC2)nn1. The van der Waals surface area contributed by atoms with Crippen molar-refractivity contribution in [1.82, 2.24) is 19.9 Å². The quantitative estimate of drug-likeness (QED) is 0.637. The van der Waals surface area contributed by atoms with Crippen LogP contribution in [0.25, 0.3) is 0 Å². The Labute approximate surface area is 184 Å². The van der Waals surface area contributed by atoms with Crippen LogP contribution in [0, 0.1) is 24.7 Å². The Morgan fingerprint density at radius 3 is 2.77 bits per heavy atom. The van der Waals surface area contributed by atoms with Gasteiger partial charge in [-0.1, -0.05) is 18.6 Å². The summed E-state index contributed by atoms with van der Waals surface area (Å²) in [6, 6.07) is 1.99. The molecule has 2 saturated carbocycles. The fourth-order valence-electron chi connectivity index (χ4n) is 5.28. The van der Waals surface area contributed by atoms with Crippen molar-refractivity contribution in [3.8, 4) is 0 Å². The molecule has 7 heteroatoms. The minimum Gasteiger partial charge on any atom is -0.469 e. The Bertz CT molecular complexity index is 902. The average Bonchev–Trinajstić information content (AvgIpc) is 3.14. The van der Waals surface area contributed by atoms with Gasteiger partial charge in [0.25, 0.3) is 5.91 Å². The molecule has 7 nitrogen and oxygen atoms in total. The number of furan rings is 1. The Kier molecular flexibility index (Phi) is 5.87. The van der Waals surface area contributed by atoms with Crippen molar-refractivity contribution in [2.75, 3.05) is 19.7 Å². The third-order valence-electron chi connectivity index (χ3n) is 7.39. The summed E-state index contributed by atoms with van der Waals surface area (Å²) in [5.74, 6) is 2.49. The molecule has 5 rings (SSSR count). The van der Waals surface area contributed by atoms with Crippen LogP contribution in [0.3, 0.4) is 0 Å². The Morgan fingerprint density at radius 1 is 1.26 bits per heavy atom. The fourth-order valence-corrected chi connectivity index (χ4v) is 5.28. The van der Waals surface area contributed by atoms with Gasteiger partial charge in [0.05, 0.1) is 29.7 Å². The molecular formula is C24H34N4O3. The lowest BCUT2D eigenvalue weighted by molar-refractivity contribution is -0.0375. The van der Waals surface area contributed by atoms with Gasteiger partial charge in [0, 0.05) is 25.9 Å². The number of unbranched alkanes of at least 4 members (excludes halogenated alkanes) is 1. The Morgan fingerprint density at radius 2 is 2.06 bits per heavy atom. The van der Waals surface area contributed by atoms with Crippen molar-refractivity contribution in [3.05, 3.63) is 35.5 Å². The second-order valence-electron chi connectivity index (χ2n) is 9.77. The molecule has 168 valence electrons. The van der Waals surface area contributed by atoms with Gasteiger partial charge >= 0.3 is 0 Å². The summed E-state index contributed by atoms with van der Waals surface area (Å²) in [7, 11) is 0. The second kappa shape index (κ2) is 8.77. The minimum atomic E-state index is 0.0928. The summed E-state index contributed by atoms with van der Waals surface area (Å²) in [6.45, 7) is 6.52. The summed E-state index contributed by atoms with van der Waals surface area (Å²) < 4.78 is 13.9. The number of amides is 1. The molecule has 3 aliphatic rings. The molecule has 1 saturated heterocycles. The van der Waals surface area contributed by atoms with E-state index in [0.717, 1.165) is 63.4 Å². The van der Waals surface area contributed by atoms with E-state index in [-0.39, 0.29) is 18.1 Å². The highest BCUT2D eigenvalue weighted by atomic mass is 16.5. The first-order valence-corrected chi connectivity index (χ1v) is 12.0. The molecule has 3 fully saturated rings. The Balaban J connectivity index is 1.30. The van der Waals surface area contributed by atoms with Crippen LogP contribution in [0.5, 0.6) is 0 Å². The van der Waals surface area contributed by atoms with Crippen molar-refractivity contribution >= 4 is 5.91 Å². The maximum absolute atomic E-state index is 13.0. The number of aromatic nitrogens is 3. The molecule has 3 heterocycles. The molecule has 4 atom stereocenters. The summed E-state index contributed by atoms with van der Waals surface area (Å²) in [5, 5.41) is 8.93. The predicted molar refractivity (Wildman–Crippen MR) is 116 cm³/mol. The van der Waals surface area contributed by atoms with E-state index in [9.17, 15) is 4.79 Å². The van der Waals surface area contributed by atoms with E-state index in [1.807, 2.05) is 11.8 Å². The van der Waals surface area contributed by atoms with Gasteiger partial charge in [-0.15, -0.1) is 5.10 Å². The van der Waals surface area contributed by atoms with E-state index >= 15 is 0 Å². The van der Waals surface area contributed by atoms with Crippen molar-refractivity contribution in [3.63, 3.8) is 0 Å². The van der Waals surface area contributed by atoms with Gasteiger partial charge in [0.1, 0.15) is 5.76 Å². The van der Waals surface area contributed by atoms with Gasteiger partial charge in [0.15, 0.2) is 0 Å². The molecule has 2 aliphatic carbocycles. The molecular weight excluding hydrogens is 392 g/mol. The third kappa shape index (κ3) is 4.43. The summed E-state index contributed by atoms with van der Waals surface area (Å²) in [6.07, 6.45) is 11.7. The van der Waals surface area contributed by atoms with E-state index in [2.05, 4.69) is 28.1 Å². The predicted octanol–water partition coefficient (Wildman–Crippen LogP) is 4.04. The molecule has 0 radical (unpaired) electrons. The molecule has 0 spiro atoms. The van der Waals surface area contributed by atoms with Crippen LogP contribution >= 0.6 is 0 Å². The number of carbonyl (C=O) groups excluding carboxylic acids is 1. The maximum Gasteiger partial charge on any atom is 0.257 e. The van der Waals surface area contributed by atoms with Gasteiger partial charge in [0.2, 0.25) is 0 Å². The largest absolute Gasteiger partial charge is 0.469 e. The summed E-state index contributed by atoms with van der Waals surface area (Å²) in [5.41, 5.74) is 1.76. The van der Waals surface area contributed by atoms with Crippen LogP contribution < -0.4 is 0 Å². The summed E-state index contributed by atoms with van der Waals surface area (Å²) >= 11 is 0. The van der Waals surface area contributed by atoms with Crippen LogP contribution in [-0.2, 0) is 11.2 Å². The molecule has 2 aromatic heterocycles. The lowest BCUT2D eigenvalue weighted by Crippen LogP contribution is -2.38. The van der Waals surface area contributed by atoms with Gasteiger partial charge in [-0.2, -0.15) is 0 Å². The number of rotatable bonds is 8. The minimum absolute atomic E-state index is 0.0928. The van der Waals surface area contributed by atoms with E-state index in [1.54, 1.807) is 12.3 Å². The van der Waals surface area contributed by atoms with Gasteiger partial charge in [-0.05, 0) is 69.3 Å². The monoisotopic (exact) mass is 426 g/mol. The number of ether oxygens (including phenoxy) is 1. The molecule has 0 unspecified atom stereocenters. The number of nitrogens with zero attached hydrogens (tertiary/aromatic N) is 4. The number of carbonyl (C=O) groups is 1. The van der Waals surface area contributed by atoms with E-state index in [4.69, 9.17) is 9.15 Å². The first-order valence-electron chi connectivity index (χ1n) is 12.0. The highest BCUT2D eigenvalue weighted by molar-refractivity contribution is 5.95. The van der Waals surface area contributed by atoms with Crippen molar-refractivity contribution in [2.45, 2.75) is 70.9 Å². The molecule has 0 aromatic carbocycles. The molecule has 0 N–H and O–H groups in total. The fraction of sp³-hybridized carbons (Fsp3) is 0.708. The molecule has 1 amide bonds. The molecule has 2 aromatic rings. The number of fused-ring (bicyclic) bond motifs is 1. The lowest BCUT2D eigenvalue weighted by atomic mass is 9.77. The van der Waals surface area contributed by atoms with E-state index < -0.39 is 0 Å². The molecule has 31 heavy (non-hydrogen) atoms. The average molecular weight is 427 g/mol. The standard InChI is InChI=1S/C24H34N4O3/c1-3-4-5-20-14-28(26-25-20)22-10-18-12-27(24(29)21-8-9-30-16(21)2)13-19(18)11-23(22)31-15-17-6-7-17/h8-9,14,17-19,22-23H,3-7,10-13,15H2,1-2H3/t18-,19+,22-,23-/m1/s1. The zero-order valence-corrected chi connectivity index (χ0v) is 18.7. The number of hydrogen-bond acceptors (Lipinski definition) is 5. The van der Waals surface area contributed by atoms with E-state index in [1.165, 1.54) is 12.8 Å². The first-order chi connectivity index (χ1) is 15.1. The van der Waals surface area contributed by atoms with E-state index in [0.29, 0.717) is 23.2 Å². The van der Waals surface area contributed by atoms with Gasteiger partial charge < -0.3 is 14.1 Å². The zero-order valence-electron chi connectivity index (χ0n) is 18.7. The topological polar surface area (TPSA) is 73.4 Å². The second-order valence-corrected chi connectivity index (χ2v) is 9.77. The normalized spacial score (nSPS) is 28.1. The third-order valence-corrected chi connectivity index (χ3v) is 7.39. The van der Waals surface area contributed by atoms with Crippen molar-refractivity contribution < 1.29 is 13.9 Å². The maximum atomic E-state index is 13.0. The highest BCUT2D eigenvalue weighted by Gasteiger charge is 2.45. The summed E-state index contributed by atoms with van der Waals surface area (Å²) in [4.78, 5) is 15.1. The molecule has 1 aliphatic heterocycles.